The molecule has 4 atom stereocenters. The van der Waals surface area contributed by atoms with Crippen LogP contribution < -0.4 is 16.0 Å². The van der Waals surface area contributed by atoms with Crippen molar-refractivity contribution in [3.8, 4) is 0 Å². The molecule has 6 aromatic rings. The number of nitrogens with zero attached hydrogens (tertiary/aromatic N) is 1. The largest absolute Gasteiger partial charge is 0.461 e. The van der Waals surface area contributed by atoms with Crippen LogP contribution in [0.4, 0.5) is 4.39 Å². The second-order valence-electron chi connectivity index (χ2n) is 19.3. The van der Waals surface area contributed by atoms with Gasteiger partial charge in [-0.2, -0.15) is 0 Å². The number of halogens is 1. The lowest BCUT2D eigenvalue weighted by Crippen LogP contribution is -2.45. The molecule has 17 nitrogen and oxygen atoms in total. The third-order valence-electron chi connectivity index (χ3n) is 12.8. The molecule has 1 unspecified atom stereocenters. The highest BCUT2D eigenvalue weighted by Crippen LogP contribution is 2.28. The molecule has 0 aliphatic rings. The molecule has 0 heterocycles. The molecule has 0 bridgehead atoms. The summed E-state index contributed by atoms with van der Waals surface area (Å²) < 4.78 is 49.9. The van der Waals surface area contributed by atoms with Crippen LogP contribution in [0.25, 0.3) is 0 Å². The van der Waals surface area contributed by atoms with Gasteiger partial charge in [0.2, 0.25) is 11.8 Å². The molecule has 6 aromatic carbocycles. The summed E-state index contributed by atoms with van der Waals surface area (Å²) in [6.07, 6.45) is 1.41. The van der Waals surface area contributed by atoms with Crippen molar-refractivity contribution in [2.24, 2.45) is 0 Å². The Morgan fingerprint density at radius 2 is 0.916 bits per heavy atom. The molecule has 0 saturated heterocycles. The van der Waals surface area contributed by atoms with Crippen LogP contribution in [-0.4, -0.2) is 84.3 Å². The van der Waals surface area contributed by atoms with Crippen molar-refractivity contribution in [1.29, 1.82) is 0 Å². The summed E-state index contributed by atoms with van der Waals surface area (Å²) in [7, 11) is -0.416. The SMILES string of the molecule is O=C(CC[C@H](NC(=O)CCCCCNC(=O)c1ccc(F)cc1)C(=O)OCc1ccccc1)N[C@@H](CCCOCN(POCc1ccccc1)[C@@H](CCC(=O)OCc1ccccc1)C(=O)OCc1ccccc1)C(=O)OCc1ccccc1. The molecule has 0 fully saturated rings. The highest BCUT2D eigenvalue weighted by atomic mass is 31.1. The smallest absolute Gasteiger partial charge is 0.328 e. The summed E-state index contributed by atoms with van der Waals surface area (Å²) in [6, 6.07) is 47.8. The maximum Gasteiger partial charge on any atom is 0.328 e. The molecule has 3 amide bonds. The monoisotopic (exact) mass is 1150 g/mol. The van der Waals surface area contributed by atoms with Crippen LogP contribution in [0.1, 0.15) is 102 Å². The maximum atomic E-state index is 14.0. The molecule has 0 aromatic heterocycles. The first kappa shape index (κ1) is 64.0. The molecule has 0 aliphatic heterocycles. The first-order valence-corrected chi connectivity index (χ1v) is 28.5. The number of carbonyl (C=O) groups is 7. The van der Waals surface area contributed by atoms with Crippen molar-refractivity contribution in [1.82, 2.24) is 20.6 Å². The average Bonchev–Trinajstić information content (AvgIpc) is 3.51. The zero-order valence-corrected chi connectivity index (χ0v) is 47.3. The third kappa shape index (κ3) is 25.3. The zero-order chi connectivity index (χ0) is 58.7. The van der Waals surface area contributed by atoms with E-state index in [0.29, 0.717) is 31.4 Å². The molecule has 83 heavy (non-hydrogen) atoms. The maximum absolute atomic E-state index is 14.0. The van der Waals surface area contributed by atoms with E-state index >= 15 is 0 Å². The summed E-state index contributed by atoms with van der Waals surface area (Å²) in [4.78, 5) is 93.9. The molecule has 0 saturated carbocycles. The number of hydrogen-bond donors (Lipinski definition) is 3. The average molecular weight is 1160 g/mol. The van der Waals surface area contributed by atoms with Crippen molar-refractivity contribution in [3.05, 3.63) is 215 Å². The summed E-state index contributed by atoms with van der Waals surface area (Å²) in [5.74, 6) is -4.37. The molecule has 0 spiro atoms. The van der Waals surface area contributed by atoms with Crippen molar-refractivity contribution >= 4 is 50.6 Å². The Balaban J connectivity index is 1.07. The first-order chi connectivity index (χ1) is 40.5. The molecule has 19 heteroatoms. The number of carbonyl (C=O) groups excluding carboxylic acids is 7. The fourth-order valence-corrected chi connectivity index (χ4v) is 9.16. The summed E-state index contributed by atoms with van der Waals surface area (Å²) in [5, 5.41) is 8.27. The second-order valence-corrected chi connectivity index (χ2v) is 20.4. The lowest BCUT2D eigenvalue weighted by atomic mass is 10.1. The van der Waals surface area contributed by atoms with Crippen molar-refractivity contribution in [3.63, 3.8) is 0 Å². The third-order valence-corrected chi connectivity index (χ3v) is 13.8. The summed E-state index contributed by atoms with van der Waals surface area (Å²) in [6.45, 7) is 0.400. The Hall–Kier alpha value is -8.15. The Morgan fingerprint density at radius 3 is 1.43 bits per heavy atom. The van der Waals surface area contributed by atoms with E-state index in [-0.39, 0.29) is 97.2 Å². The topological polar surface area (TPSA) is 214 Å². The fraction of sp³-hybridized carbons (Fsp3) is 0.328. The van der Waals surface area contributed by atoms with Gasteiger partial charge in [-0.15, -0.1) is 0 Å². The number of amides is 3. The molecule has 0 radical (unpaired) electrons. The van der Waals surface area contributed by atoms with Gasteiger partial charge >= 0.3 is 23.9 Å². The van der Waals surface area contributed by atoms with Crippen molar-refractivity contribution in [2.75, 3.05) is 19.9 Å². The number of ether oxygens (including phenoxy) is 5. The van der Waals surface area contributed by atoms with Gasteiger partial charge in [-0.3, -0.25) is 24.0 Å². The lowest BCUT2D eigenvalue weighted by molar-refractivity contribution is -0.153. The van der Waals surface area contributed by atoms with Gasteiger partial charge < -0.3 is 44.2 Å². The molecular weight excluding hydrogens is 1080 g/mol. The van der Waals surface area contributed by atoms with Gasteiger partial charge in [-0.05, 0) is 90.6 Å². The quantitative estimate of drug-likeness (QED) is 0.0109. The number of esters is 4. The number of hydrogen-bond acceptors (Lipinski definition) is 14. The van der Waals surface area contributed by atoms with Gasteiger partial charge in [0, 0.05) is 38.0 Å². The van der Waals surface area contributed by atoms with Gasteiger partial charge in [0.1, 0.15) is 57.1 Å². The van der Waals surface area contributed by atoms with E-state index < -0.39 is 68.6 Å². The van der Waals surface area contributed by atoms with Crippen LogP contribution in [0.3, 0.4) is 0 Å². The van der Waals surface area contributed by atoms with Gasteiger partial charge in [0.15, 0.2) is 0 Å². The van der Waals surface area contributed by atoms with E-state index in [1.807, 2.05) is 115 Å². The minimum atomic E-state index is -1.21. The fourth-order valence-electron chi connectivity index (χ4n) is 8.25. The normalized spacial score (nSPS) is 12.2. The number of unbranched alkanes of at least 4 members (excludes halogenated alkanes) is 2. The Bertz CT molecular complexity index is 2900. The van der Waals surface area contributed by atoms with Crippen LogP contribution in [0.5, 0.6) is 0 Å². The van der Waals surface area contributed by atoms with Gasteiger partial charge in [-0.1, -0.05) is 158 Å². The Labute approximate surface area is 485 Å². The number of benzene rings is 6. The molecule has 0 aliphatic carbocycles. The first-order valence-electron chi connectivity index (χ1n) is 27.7. The predicted molar refractivity (Wildman–Crippen MR) is 310 cm³/mol. The van der Waals surface area contributed by atoms with E-state index in [2.05, 4.69) is 16.0 Å². The highest BCUT2D eigenvalue weighted by molar-refractivity contribution is 7.29. The molecular formula is C64H72FN4O13P. The summed E-state index contributed by atoms with van der Waals surface area (Å²) >= 11 is 0. The zero-order valence-electron chi connectivity index (χ0n) is 46.3. The summed E-state index contributed by atoms with van der Waals surface area (Å²) in [5.41, 5.74) is 4.27. The van der Waals surface area contributed by atoms with Gasteiger partial charge in [0.05, 0.1) is 15.6 Å². The number of nitrogens with one attached hydrogen (secondary N) is 3. The molecule has 438 valence electrons. The minimum absolute atomic E-state index is 0.00813. The highest BCUT2D eigenvalue weighted by Gasteiger charge is 2.31. The Kier molecular flexibility index (Phi) is 28.6. The minimum Gasteiger partial charge on any atom is -0.461 e. The van der Waals surface area contributed by atoms with Crippen LogP contribution in [0.15, 0.2) is 176 Å². The van der Waals surface area contributed by atoms with E-state index in [0.717, 1.165) is 27.8 Å². The van der Waals surface area contributed by atoms with Crippen LogP contribution in [0, 0.1) is 5.82 Å². The molecule has 3 N–H and O–H groups in total. The van der Waals surface area contributed by atoms with Gasteiger partial charge in [-0.25, -0.2) is 18.6 Å². The van der Waals surface area contributed by atoms with Gasteiger partial charge in [0.25, 0.3) is 5.91 Å². The lowest BCUT2D eigenvalue weighted by Gasteiger charge is -2.29. The van der Waals surface area contributed by atoms with E-state index in [4.69, 9.17) is 28.2 Å². The van der Waals surface area contributed by atoms with Crippen LogP contribution >= 0.6 is 8.96 Å². The predicted octanol–water partition coefficient (Wildman–Crippen LogP) is 9.77. The van der Waals surface area contributed by atoms with E-state index in [1.54, 1.807) is 41.1 Å². The number of rotatable bonds is 37. The standard InChI is InChI=1S/C64H72FN4O13P/c65-54-34-32-53(33-35-54)61(73)66-40-18-6-17-31-58(70)68-56(63(75)80-44-50-24-11-3-12-25-50)36-38-59(71)67-55(62(74)79-43-49-22-9-2-10-23-49)30-19-41-77-47-69(83-82-46-52-28-15-5-16-29-52)57(64(76)81-45-51-26-13-4-14-27-51)37-39-60(72)78-42-48-20-7-1-8-21-48/h1-5,7-16,20-29,32-35,55-57,83H,6,17-19,30-31,36-47H2,(H,66,73)(H,67,71)(H,68,70)/t55-,56-,57-/m0/s1. The van der Waals surface area contributed by atoms with Crippen LogP contribution in [0.2, 0.25) is 0 Å². The van der Waals surface area contributed by atoms with E-state index in [9.17, 15) is 38.0 Å². The van der Waals surface area contributed by atoms with Crippen molar-refractivity contribution in [2.45, 2.75) is 115 Å². The second kappa shape index (κ2) is 37.1. The molecule has 6 rings (SSSR count). The van der Waals surface area contributed by atoms with Crippen molar-refractivity contribution < 1.29 is 66.2 Å². The van der Waals surface area contributed by atoms with E-state index in [1.165, 1.54) is 24.3 Å². The Morgan fingerprint density at radius 1 is 0.458 bits per heavy atom. The van der Waals surface area contributed by atoms with Crippen LogP contribution in [-0.2, 0) is 90.0 Å².